The van der Waals surface area contributed by atoms with Crippen LogP contribution in [-0.4, -0.2) is 35.7 Å². The average molecular weight is 487 g/mol. The molecule has 34 heavy (non-hydrogen) atoms. The summed E-state index contributed by atoms with van der Waals surface area (Å²) in [7, 11) is 0. The van der Waals surface area contributed by atoms with Crippen molar-refractivity contribution in [2.45, 2.75) is 16.2 Å². The molecule has 0 saturated heterocycles. The molecule has 0 fully saturated rings. The van der Waals surface area contributed by atoms with Gasteiger partial charge < -0.3 is 9.84 Å². The van der Waals surface area contributed by atoms with E-state index in [1.165, 1.54) is 0 Å². The van der Waals surface area contributed by atoms with E-state index in [2.05, 4.69) is 48.5 Å². The van der Waals surface area contributed by atoms with Gasteiger partial charge in [-0.3, -0.25) is 9.59 Å². The van der Waals surface area contributed by atoms with Crippen LogP contribution in [0.15, 0.2) is 82.6 Å². The summed E-state index contributed by atoms with van der Waals surface area (Å²) in [6.07, 6.45) is 0.106. The number of benzene rings is 5. The zero-order chi connectivity index (χ0) is 23.5. The van der Waals surface area contributed by atoms with E-state index < -0.39 is 5.97 Å². The van der Waals surface area contributed by atoms with Crippen LogP contribution in [0, 0.1) is 0 Å². The van der Waals surface area contributed by atoms with Gasteiger partial charge in [0.2, 0.25) is 0 Å². The van der Waals surface area contributed by atoms with Crippen molar-refractivity contribution < 1.29 is 19.4 Å². The maximum absolute atomic E-state index is 11.2. The predicted octanol–water partition coefficient (Wildman–Crippen LogP) is 7.13. The van der Waals surface area contributed by atoms with Crippen molar-refractivity contribution >= 4 is 79.1 Å². The molecule has 4 nitrogen and oxygen atoms in total. The first-order chi connectivity index (χ1) is 16.7. The summed E-state index contributed by atoms with van der Waals surface area (Å²) in [6.45, 7) is 0.827. The quantitative estimate of drug-likeness (QED) is 0.103. The lowest BCUT2D eigenvalue weighted by atomic mass is 9.97. The van der Waals surface area contributed by atoms with Crippen LogP contribution in [-0.2, 0) is 14.3 Å². The zero-order valence-electron chi connectivity index (χ0n) is 18.3. The highest BCUT2D eigenvalue weighted by molar-refractivity contribution is 8.00. The van der Waals surface area contributed by atoms with E-state index in [4.69, 9.17) is 4.74 Å². The van der Waals surface area contributed by atoms with Crippen molar-refractivity contribution in [1.29, 1.82) is 0 Å². The molecule has 5 aromatic carbocycles. The Morgan fingerprint density at radius 1 is 0.735 bits per heavy atom. The lowest BCUT2D eigenvalue weighted by molar-refractivity contribution is -0.136. The van der Waals surface area contributed by atoms with Crippen LogP contribution in [0.1, 0.15) is 6.42 Å². The van der Waals surface area contributed by atoms with Gasteiger partial charge in [-0.1, -0.05) is 48.5 Å². The maximum atomic E-state index is 11.2. The Labute approximate surface area is 205 Å². The summed E-state index contributed by atoms with van der Waals surface area (Å²) in [5.74, 6) is 0.354. The number of hydrogen-bond acceptors (Lipinski definition) is 5. The van der Waals surface area contributed by atoms with Gasteiger partial charge in [-0.05, 0) is 67.4 Å². The minimum Gasteiger partial charge on any atom is -0.481 e. The number of fused-ring (bicyclic) bond motifs is 4. The molecule has 0 spiro atoms. The topological polar surface area (TPSA) is 63.6 Å². The third-order valence-corrected chi connectivity index (χ3v) is 8.06. The number of carboxylic acids is 1. The molecule has 0 bridgehead atoms. The molecule has 0 saturated carbocycles. The van der Waals surface area contributed by atoms with Crippen molar-refractivity contribution in [3.8, 4) is 0 Å². The van der Waals surface area contributed by atoms with Gasteiger partial charge in [0.25, 0.3) is 6.47 Å². The fraction of sp³-hybridized carbons (Fsp3) is 0.143. The average Bonchev–Trinajstić information content (AvgIpc) is 2.85. The van der Waals surface area contributed by atoms with Gasteiger partial charge >= 0.3 is 5.97 Å². The lowest BCUT2D eigenvalue weighted by Crippen LogP contribution is -1.97. The van der Waals surface area contributed by atoms with Crippen LogP contribution in [0.5, 0.6) is 0 Å². The highest BCUT2D eigenvalue weighted by Crippen LogP contribution is 2.45. The standard InChI is InChI=1S/C28H22O4S2/c29-17-32-10-12-34-28-24-15-20-7-3-1-5-18(20)13-22(24)27(33-11-9-26(30)31)23-14-19-6-2-4-8-21(19)16-25(23)28/h1-8,13-17H,9-12H2,(H,30,31). The lowest BCUT2D eigenvalue weighted by Gasteiger charge is -2.18. The molecule has 0 aliphatic heterocycles. The maximum Gasteiger partial charge on any atom is 0.304 e. The van der Waals surface area contributed by atoms with Crippen LogP contribution in [0.3, 0.4) is 0 Å². The number of carbonyl (C=O) groups is 2. The van der Waals surface area contributed by atoms with E-state index in [0.717, 1.165) is 52.9 Å². The smallest absolute Gasteiger partial charge is 0.304 e. The van der Waals surface area contributed by atoms with Crippen LogP contribution >= 0.6 is 23.5 Å². The van der Waals surface area contributed by atoms with Gasteiger partial charge in [0.1, 0.15) is 6.61 Å². The van der Waals surface area contributed by atoms with Crippen molar-refractivity contribution in [3.63, 3.8) is 0 Å². The first kappa shape index (κ1) is 22.6. The molecule has 0 aliphatic carbocycles. The molecule has 0 unspecified atom stereocenters. The number of ether oxygens (including phenoxy) is 1. The van der Waals surface area contributed by atoms with E-state index in [1.807, 2.05) is 24.3 Å². The normalized spacial score (nSPS) is 11.4. The van der Waals surface area contributed by atoms with Crippen molar-refractivity contribution in [2.75, 3.05) is 18.1 Å². The number of carboxylic acid groups (broad SMARTS) is 1. The number of aliphatic carboxylic acids is 1. The van der Waals surface area contributed by atoms with E-state index in [-0.39, 0.29) is 6.42 Å². The molecular weight excluding hydrogens is 464 g/mol. The molecule has 0 atom stereocenters. The highest BCUT2D eigenvalue weighted by Gasteiger charge is 2.17. The SMILES string of the molecule is O=COCCSc1c2cc3ccccc3cc2c(SCCC(=O)O)c2cc3ccccc3cc12. The Balaban J connectivity index is 1.82. The first-order valence-electron chi connectivity index (χ1n) is 11.0. The van der Waals surface area contributed by atoms with Crippen LogP contribution in [0.25, 0.3) is 43.1 Å². The zero-order valence-corrected chi connectivity index (χ0v) is 20.0. The Hall–Kier alpha value is -3.22. The summed E-state index contributed by atoms with van der Waals surface area (Å²) in [6, 6.07) is 25.5. The Bertz CT molecular complexity index is 1450. The molecule has 5 rings (SSSR count). The molecule has 0 amide bonds. The molecule has 5 aromatic rings. The molecule has 0 aromatic heterocycles. The second kappa shape index (κ2) is 9.95. The molecule has 170 valence electrons. The van der Waals surface area contributed by atoms with Crippen LogP contribution in [0.2, 0.25) is 0 Å². The minimum atomic E-state index is -0.792. The molecule has 6 heteroatoms. The van der Waals surface area contributed by atoms with E-state index in [1.54, 1.807) is 23.5 Å². The van der Waals surface area contributed by atoms with Gasteiger partial charge in [0.15, 0.2) is 0 Å². The van der Waals surface area contributed by atoms with Gasteiger partial charge in [-0.25, -0.2) is 0 Å². The summed E-state index contributed by atoms with van der Waals surface area (Å²) >= 11 is 3.29. The van der Waals surface area contributed by atoms with E-state index in [0.29, 0.717) is 24.6 Å². The second-order valence-electron chi connectivity index (χ2n) is 7.96. The second-order valence-corrected chi connectivity index (χ2v) is 10.2. The summed E-state index contributed by atoms with van der Waals surface area (Å²) in [5, 5.41) is 18.4. The molecule has 0 aliphatic rings. The number of carbonyl (C=O) groups excluding carboxylic acids is 1. The van der Waals surface area contributed by atoms with Crippen molar-refractivity contribution in [2.24, 2.45) is 0 Å². The fourth-order valence-electron chi connectivity index (χ4n) is 4.31. The monoisotopic (exact) mass is 486 g/mol. The van der Waals surface area contributed by atoms with Crippen molar-refractivity contribution in [3.05, 3.63) is 72.8 Å². The summed E-state index contributed by atoms with van der Waals surface area (Å²) < 4.78 is 4.96. The van der Waals surface area contributed by atoms with E-state index in [9.17, 15) is 14.7 Å². The summed E-state index contributed by atoms with van der Waals surface area (Å²) in [5.41, 5.74) is 0. The highest BCUT2D eigenvalue weighted by atomic mass is 32.2. The molecule has 0 heterocycles. The van der Waals surface area contributed by atoms with Crippen LogP contribution < -0.4 is 0 Å². The van der Waals surface area contributed by atoms with Crippen LogP contribution in [0.4, 0.5) is 0 Å². The minimum absolute atomic E-state index is 0.106. The fourth-order valence-corrected chi connectivity index (χ4v) is 6.48. The van der Waals surface area contributed by atoms with E-state index >= 15 is 0 Å². The number of thioether (sulfide) groups is 2. The Morgan fingerprint density at radius 3 is 1.53 bits per heavy atom. The Morgan fingerprint density at radius 2 is 1.15 bits per heavy atom. The third kappa shape index (κ3) is 4.43. The summed E-state index contributed by atoms with van der Waals surface area (Å²) in [4.78, 5) is 24.1. The number of hydrogen-bond donors (Lipinski definition) is 1. The van der Waals surface area contributed by atoms with Crippen molar-refractivity contribution in [1.82, 2.24) is 0 Å². The first-order valence-corrected chi connectivity index (χ1v) is 13.0. The largest absolute Gasteiger partial charge is 0.481 e. The Kier molecular flexibility index (Phi) is 6.61. The van der Waals surface area contributed by atoms with Gasteiger partial charge in [-0.2, -0.15) is 0 Å². The van der Waals surface area contributed by atoms with Gasteiger partial charge in [-0.15, -0.1) is 23.5 Å². The third-order valence-electron chi connectivity index (χ3n) is 5.83. The predicted molar refractivity (Wildman–Crippen MR) is 142 cm³/mol. The molecule has 0 radical (unpaired) electrons. The number of rotatable bonds is 9. The van der Waals surface area contributed by atoms with Gasteiger partial charge in [0, 0.05) is 21.3 Å². The van der Waals surface area contributed by atoms with Gasteiger partial charge in [0.05, 0.1) is 6.42 Å². The molecule has 1 N–H and O–H groups in total. The molecular formula is C28H22O4S2.